The van der Waals surface area contributed by atoms with Crippen LogP contribution in [0.5, 0.6) is 0 Å². The Labute approximate surface area is 74.5 Å². The van der Waals surface area contributed by atoms with Crippen LogP contribution in [-0.4, -0.2) is 15.1 Å². The van der Waals surface area contributed by atoms with Crippen molar-refractivity contribution in [1.29, 1.82) is 5.26 Å². The van der Waals surface area contributed by atoms with E-state index in [1.165, 1.54) is 6.33 Å². The Morgan fingerprint density at radius 3 is 3.08 bits per heavy atom. The van der Waals surface area contributed by atoms with Gasteiger partial charge in [-0.2, -0.15) is 5.26 Å². The number of hydrogen-bond acceptors (Lipinski definition) is 3. The summed E-state index contributed by atoms with van der Waals surface area (Å²) in [6.07, 6.45) is 1.53. The van der Waals surface area contributed by atoms with Gasteiger partial charge in [0.25, 0.3) is 0 Å². The number of hydrogen-bond donors (Lipinski definition) is 2. The van der Waals surface area contributed by atoms with Crippen LogP contribution in [0.4, 0.5) is 0 Å². The van der Waals surface area contributed by atoms with Gasteiger partial charge in [-0.25, -0.2) is 4.98 Å². The summed E-state index contributed by atoms with van der Waals surface area (Å²) in [5.74, 6) is 0. The standard InChI is InChI=1S/C9H7N3O/c10-3-7-6(4-13)1-2-8-9(7)12-5-11-8/h1-2,5,13H,4H2,(H,11,12). The largest absolute Gasteiger partial charge is 0.392 e. The van der Waals surface area contributed by atoms with Crippen LogP contribution in [0.15, 0.2) is 18.5 Å². The molecule has 0 aliphatic carbocycles. The first kappa shape index (κ1) is 7.77. The lowest BCUT2D eigenvalue weighted by atomic mass is 10.1. The molecule has 2 N–H and O–H groups in total. The average molecular weight is 173 g/mol. The first-order valence-electron chi connectivity index (χ1n) is 3.82. The van der Waals surface area contributed by atoms with E-state index in [1.807, 2.05) is 6.07 Å². The number of aromatic amines is 1. The SMILES string of the molecule is N#Cc1c(CO)ccc2[nH]cnc12. The molecule has 1 aromatic heterocycles. The normalized spacial score (nSPS) is 10.2. The molecule has 0 aliphatic heterocycles. The molecule has 0 unspecified atom stereocenters. The Bertz CT molecular complexity index is 481. The van der Waals surface area contributed by atoms with Gasteiger partial charge in [-0.1, -0.05) is 6.07 Å². The molecule has 0 bridgehead atoms. The van der Waals surface area contributed by atoms with Gasteiger partial charge in [0.15, 0.2) is 0 Å². The number of aliphatic hydroxyl groups is 1. The maximum atomic E-state index is 8.96. The van der Waals surface area contributed by atoms with Gasteiger partial charge in [-0.15, -0.1) is 0 Å². The fraction of sp³-hybridized carbons (Fsp3) is 0.111. The Morgan fingerprint density at radius 1 is 1.54 bits per heavy atom. The zero-order valence-corrected chi connectivity index (χ0v) is 6.78. The lowest BCUT2D eigenvalue weighted by Gasteiger charge is -1.98. The van der Waals surface area contributed by atoms with Crippen molar-refractivity contribution in [3.8, 4) is 6.07 Å². The summed E-state index contributed by atoms with van der Waals surface area (Å²) in [6.45, 7) is -0.133. The van der Waals surface area contributed by atoms with Crippen LogP contribution < -0.4 is 0 Å². The number of rotatable bonds is 1. The minimum atomic E-state index is -0.133. The molecule has 13 heavy (non-hydrogen) atoms. The van der Waals surface area contributed by atoms with Crippen molar-refractivity contribution in [3.05, 3.63) is 29.6 Å². The molecular formula is C9H7N3O. The monoisotopic (exact) mass is 173 g/mol. The highest BCUT2D eigenvalue weighted by molar-refractivity contribution is 5.82. The highest BCUT2D eigenvalue weighted by Crippen LogP contribution is 2.18. The van der Waals surface area contributed by atoms with Crippen molar-refractivity contribution >= 4 is 11.0 Å². The van der Waals surface area contributed by atoms with E-state index in [0.29, 0.717) is 16.6 Å². The second-order valence-electron chi connectivity index (χ2n) is 2.67. The predicted octanol–water partition coefficient (Wildman–Crippen LogP) is 0.927. The molecule has 0 spiro atoms. The molecule has 0 amide bonds. The minimum Gasteiger partial charge on any atom is -0.392 e. The molecule has 0 fully saturated rings. The van der Waals surface area contributed by atoms with Crippen molar-refractivity contribution in [2.45, 2.75) is 6.61 Å². The first-order chi connectivity index (χ1) is 6.36. The van der Waals surface area contributed by atoms with Crippen molar-refractivity contribution < 1.29 is 5.11 Å². The van der Waals surface area contributed by atoms with Crippen molar-refractivity contribution in [1.82, 2.24) is 9.97 Å². The molecule has 4 heteroatoms. The van der Waals surface area contributed by atoms with Gasteiger partial charge >= 0.3 is 0 Å². The topological polar surface area (TPSA) is 72.7 Å². The van der Waals surface area contributed by atoms with E-state index < -0.39 is 0 Å². The van der Waals surface area contributed by atoms with E-state index in [4.69, 9.17) is 10.4 Å². The van der Waals surface area contributed by atoms with Gasteiger partial charge in [0, 0.05) is 0 Å². The number of aliphatic hydroxyl groups excluding tert-OH is 1. The fourth-order valence-electron chi connectivity index (χ4n) is 1.31. The summed E-state index contributed by atoms with van der Waals surface area (Å²) in [4.78, 5) is 6.91. The zero-order chi connectivity index (χ0) is 9.26. The minimum absolute atomic E-state index is 0.133. The van der Waals surface area contributed by atoms with Gasteiger partial charge < -0.3 is 10.1 Å². The molecule has 0 atom stereocenters. The van der Waals surface area contributed by atoms with Crippen LogP contribution in [0.1, 0.15) is 11.1 Å². The summed E-state index contributed by atoms with van der Waals surface area (Å²) in [6, 6.07) is 5.55. The Morgan fingerprint density at radius 2 is 2.38 bits per heavy atom. The van der Waals surface area contributed by atoms with E-state index >= 15 is 0 Å². The van der Waals surface area contributed by atoms with Crippen molar-refractivity contribution in [2.75, 3.05) is 0 Å². The summed E-state index contributed by atoms with van der Waals surface area (Å²) in [7, 11) is 0. The van der Waals surface area contributed by atoms with E-state index in [1.54, 1.807) is 12.1 Å². The molecule has 2 aromatic rings. The number of H-pyrrole nitrogens is 1. The van der Waals surface area contributed by atoms with Crippen LogP contribution in [-0.2, 0) is 6.61 Å². The molecule has 4 nitrogen and oxygen atoms in total. The third kappa shape index (κ3) is 1.06. The predicted molar refractivity (Wildman–Crippen MR) is 46.7 cm³/mol. The molecule has 2 rings (SSSR count). The Hall–Kier alpha value is -1.86. The van der Waals surface area contributed by atoms with E-state index in [0.717, 1.165) is 5.52 Å². The quantitative estimate of drug-likeness (QED) is 0.673. The Kier molecular flexibility index (Phi) is 1.72. The Balaban J connectivity index is 2.84. The van der Waals surface area contributed by atoms with Crippen LogP contribution in [0.2, 0.25) is 0 Å². The number of imidazole rings is 1. The fourth-order valence-corrected chi connectivity index (χ4v) is 1.31. The average Bonchev–Trinajstić information content (AvgIpc) is 2.63. The molecule has 1 aromatic carbocycles. The van der Waals surface area contributed by atoms with Gasteiger partial charge in [0.1, 0.15) is 11.6 Å². The number of fused-ring (bicyclic) bond motifs is 1. The second-order valence-corrected chi connectivity index (χ2v) is 2.67. The number of nitriles is 1. The molecular weight excluding hydrogens is 166 g/mol. The summed E-state index contributed by atoms with van der Waals surface area (Å²) >= 11 is 0. The third-order valence-corrected chi connectivity index (χ3v) is 1.96. The highest BCUT2D eigenvalue weighted by Gasteiger charge is 2.07. The molecule has 64 valence electrons. The first-order valence-corrected chi connectivity index (χ1v) is 3.82. The second kappa shape index (κ2) is 2.88. The smallest absolute Gasteiger partial charge is 0.106 e. The van der Waals surface area contributed by atoms with Crippen LogP contribution in [0, 0.1) is 11.3 Å². The lowest BCUT2D eigenvalue weighted by Crippen LogP contribution is -1.90. The van der Waals surface area contributed by atoms with Crippen LogP contribution in [0.3, 0.4) is 0 Å². The highest BCUT2D eigenvalue weighted by atomic mass is 16.3. The summed E-state index contributed by atoms with van der Waals surface area (Å²) in [5.41, 5.74) is 2.49. The van der Waals surface area contributed by atoms with Crippen molar-refractivity contribution in [2.24, 2.45) is 0 Å². The maximum Gasteiger partial charge on any atom is 0.106 e. The maximum absolute atomic E-state index is 8.96. The summed E-state index contributed by atoms with van der Waals surface area (Å²) in [5, 5.41) is 17.8. The van der Waals surface area contributed by atoms with Gasteiger partial charge in [-0.05, 0) is 11.6 Å². The molecule has 0 saturated carbocycles. The van der Waals surface area contributed by atoms with Crippen LogP contribution >= 0.6 is 0 Å². The molecule has 0 aliphatic rings. The van der Waals surface area contributed by atoms with E-state index in [-0.39, 0.29) is 6.61 Å². The molecule has 0 saturated heterocycles. The number of nitrogens with zero attached hydrogens (tertiary/aromatic N) is 2. The van der Waals surface area contributed by atoms with E-state index in [2.05, 4.69) is 9.97 Å². The van der Waals surface area contributed by atoms with Gasteiger partial charge in [-0.3, -0.25) is 0 Å². The van der Waals surface area contributed by atoms with Gasteiger partial charge in [0.05, 0.1) is 24.0 Å². The number of nitrogens with one attached hydrogen (secondary N) is 1. The van der Waals surface area contributed by atoms with Crippen LogP contribution in [0.25, 0.3) is 11.0 Å². The van der Waals surface area contributed by atoms with Gasteiger partial charge in [0.2, 0.25) is 0 Å². The number of benzene rings is 1. The summed E-state index contributed by atoms with van der Waals surface area (Å²) < 4.78 is 0. The van der Waals surface area contributed by atoms with E-state index in [9.17, 15) is 0 Å². The van der Waals surface area contributed by atoms with Crippen molar-refractivity contribution in [3.63, 3.8) is 0 Å². The lowest BCUT2D eigenvalue weighted by molar-refractivity contribution is 0.281. The molecule has 0 radical (unpaired) electrons. The molecule has 1 heterocycles. The third-order valence-electron chi connectivity index (χ3n) is 1.96. The number of aromatic nitrogens is 2. The zero-order valence-electron chi connectivity index (χ0n) is 6.78.